The van der Waals surface area contributed by atoms with Gasteiger partial charge in [-0.05, 0) is 19.2 Å². The minimum atomic E-state index is -1.14. The molecule has 2 nitrogen and oxygen atoms in total. The van der Waals surface area contributed by atoms with Crippen molar-refractivity contribution in [2.24, 2.45) is 0 Å². The highest BCUT2D eigenvalue weighted by Crippen LogP contribution is 2.07. The zero-order valence-electron chi connectivity index (χ0n) is 14.7. The summed E-state index contributed by atoms with van der Waals surface area (Å²) in [6.07, 6.45) is 3.50. The van der Waals surface area contributed by atoms with E-state index in [4.69, 9.17) is 11.1 Å². The van der Waals surface area contributed by atoms with E-state index in [2.05, 4.69) is 68.6 Å². The van der Waals surface area contributed by atoms with E-state index in [9.17, 15) is 0 Å². The maximum Gasteiger partial charge on any atom is 0.147 e. The summed E-state index contributed by atoms with van der Waals surface area (Å²) in [5.74, 6) is 0. The largest absolute Gasteiger partial charge is 0.351 e. The summed E-state index contributed by atoms with van der Waals surface area (Å²) in [5.41, 5.74) is 0. The maximum absolute atomic E-state index is 5.67. The van der Waals surface area contributed by atoms with Crippen LogP contribution in [0.5, 0.6) is 0 Å². The average molecular weight is 349 g/mol. The van der Waals surface area contributed by atoms with Gasteiger partial charge in [-0.15, -0.1) is 0 Å². The lowest BCUT2D eigenvalue weighted by Crippen LogP contribution is -2.49. The van der Waals surface area contributed by atoms with Gasteiger partial charge in [-0.1, -0.05) is 58.4 Å². The van der Waals surface area contributed by atoms with Gasteiger partial charge in [0.2, 0.25) is 0 Å². The summed E-state index contributed by atoms with van der Waals surface area (Å²) in [6.45, 7) is 18.3. The van der Waals surface area contributed by atoms with Gasteiger partial charge in [0.15, 0.2) is 0 Å². The van der Waals surface area contributed by atoms with Crippen molar-refractivity contribution < 1.29 is 0 Å². The van der Waals surface area contributed by atoms with Crippen molar-refractivity contribution in [1.82, 2.24) is 9.22 Å². The standard InChI is InChI=1S/C6H19NSi2.C5H5N.C3H9ClSi/c1-7(8(2)3)9(4,5)6;1-2-4-6-5-3-1;1-5(2,3)4/h8H,1-6H3;1-5H;1-3H3. The first kappa shape index (κ1) is 22.3. The number of hydrogen-bond donors (Lipinski definition) is 0. The molecule has 0 aliphatic carbocycles. The molecule has 0 bridgehead atoms. The molecule has 0 aliphatic heterocycles. The van der Waals surface area contributed by atoms with Crippen LogP contribution in [0.15, 0.2) is 30.6 Å². The first-order valence-corrected chi connectivity index (χ1v) is 17.9. The van der Waals surface area contributed by atoms with Crippen LogP contribution < -0.4 is 0 Å². The molecule has 0 amide bonds. The van der Waals surface area contributed by atoms with Crippen molar-refractivity contribution in [3.05, 3.63) is 30.6 Å². The molecular formula is C14H33ClN2Si3. The lowest BCUT2D eigenvalue weighted by molar-refractivity contribution is 0.784. The van der Waals surface area contributed by atoms with Gasteiger partial charge in [-0.25, -0.2) is 0 Å². The molecule has 1 heterocycles. The topological polar surface area (TPSA) is 16.1 Å². The van der Waals surface area contributed by atoms with Crippen LogP contribution in [0.4, 0.5) is 0 Å². The summed E-state index contributed by atoms with van der Waals surface area (Å²) in [5, 5.41) is 0. The first-order valence-electron chi connectivity index (χ1n) is 7.12. The van der Waals surface area contributed by atoms with Gasteiger partial charge in [-0.2, -0.15) is 11.1 Å². The molecule has 0 radical (unpaired) electrons. The Morgan fingerprint density at radius 3 is 1.30 bits per heavy atom. The summed E-state index contributed by atoms with van der Waals surface area (Å²) in [4.78, 5) is 3.78. The smallest absolute Gasteiger partial charge is 0.147 e. The summed E-state index contributed by atoms with van der Waals surface area (Å²) in [7, 11) is -0.281. The number of pyridine rings is 1. The minimum Gasteiger partial charge on any atom is -0.351 e. The second-order valence-electron chi connectivity index (χ2n) is 6.97. The lowest BCUT2D eigenvalue weighted by Gasteiger charge is -2.33. The molecule has 0 unspecified atom stereocenters. The summed E-state index contributed by atoms with van der Waals surface area (Å²) < 4.78 is 2.63. The van der Waals surface area contributed by atoms with E-state index < -0.39 is 24.6 Å². The predicted octanol–water partition coefficient (Wildman–Crippen LogP) is 4.88. The number of hydrogen-bond acceptors (Lipinski definition) is 2. The van der Waals surface area contributed by atoms with E-state index in [-0.39, 0.29) is 0 Å². The highest BCUT2D eigenvalue weighted by molar-refractivity contribution is 7.18. The van der Waals surface area contributed by atoms with Gasteiger partial charge in [-0.3, -0.25) is 4.98 Å². The molecule has 1 aromatic rings. The molecule has 0 atom stereocenters. The Bertz CT molecular complexity index is 289. The third kappa shape index (κ3) is 20.4. The molecule has 0 saturated carbocycles. The number of halogens is 1. The number of aromatic nitrogens is 1. The van der Waals surface area contributed by atoms with Crippen LogP contribution in [0.2, 0.25) is 52.4 Å². The molecule has 0 aromatic carbocycles. The normalized spacial score (nSPS) is 11.4. The Morgan fingerprint density at radius 1 is 0.900 bits per heavy atom. The van der Waals surface area contributed by atoms with Crippen LogP contribution >= 0.6 is 11.1 Å². The van der Waals surface area contributed by atoms with E-state index >= 15 is 0 Å². The third-order valence-corrected chi connectivity index (χ3v) is 9.94. The quantitative estimate of drug-likeness (QED) is 0.559. The van der Waals surface area contributed by atoms with Crippen LogP contribution in [0.3, 0.4) is 0 Å². The van der Waals surface area contributed by atoms with Crippen LogP contribution in [0.25, 0.3) is 0 Å². The number of rotatable bonds is 2. The van der Waals surface area contributed by atoms with Crippen LogP contribution in [0, 0.1) is 0 Å². The highest BCUT2D eigenvalue weighted by Gasteiger charge is 2.21. The Morgan fingerprint density at radius 2 is 1.25 bits per heavy atom. The third-order valence-electron chi connectivity index (χ3n) is 2.40. The molecule has 0 spiro atoms. The van der Waals surface area contributed by atoms with E-state index in [1.165, 1.54) is 0 Å². The predicted molar refractivity (Wildman–Crippen MR) is 103 cm³/mol. The van der Waals surface area contributed by atoms with Crippen LogP contribution in [0.1, 0.15) is 0 Å². The highest BCUT2D eigenvalue weighted by atomic mass is 35.6. The van der Waals surface area contributed by atoms with Crippen LogP contribution in [-0.2, 0) is 0 Å². The fourth-order valence-electron chi connectivity index (χ4n) is 1.09. The van der Waals surface area contributed by atoms with Crippen molar-refractivity contribution in [1.29, 1.82) is 0 Å². The molecule has 0 saturated heterocycles. The van der Waals surface area contributed by atoms with Gasteiger partial charge in [0.05, 0.1) is 8.96 Å². The van der Waals surface area contributed by atoms with Crippen molar-refractivity contribution in [2.75, 3.05) is 7.05 Å². The second-order valence-corrected chi connectivity index (χ2v) is 23.0. The zero-order valence-corrected chi connectivity index (χ0v) is 18.6. The molecule has 20 heavy (non-hydrogen) atoms. The van der Waals surface area contributed by atoms with Gasteiger partial charge >= 0.3 is 0 Å². The molecule has 1 rings (SSSR count). The monoisotopic (exact) mass is 348 g/mol. The van der Waals surface area contributed by atoms with Crippen LogP contribution in [-0.4, -0.2) is 40.8 Å². The van der Waals surface area contributed by atoms with E-state index in [0.717, 1.165) is 0 Å². The molecule has 0 N–H and O–H groups in total. The second kappa shape index (κ2) is 10.7. The molecule has 6 heteroatoms. The van der Waals surface area contributed by atoms with E-state index in [1.54, 1.807) is 12.4 Å². The number of nitrogens with zero attached hydrogens (tertiary/aromatic N) is 2. The Hall–Kier alpha value is 0.0506. The average Bonchev–Trinajstić information content (AvgIpc) is 2.27. The fraction of sp³-hybridized carbons (Fsp3) is 0.643. The molecule has 0 aliphatic rings. The molecule has 0 fully saturated rings. The van der Waals surface area contributed by atoms with Gasteiger partial charge in [0.25, 0.3) is 0 Å². The van der Waals surface area contributed by atoms with Crippen molar-refractivity contribution in [3.8, 4) is 0 Å². The van der Waals surface area contributed by atoms with Crippen molar-refractivity contribution >= 4 is 35.7 Å². The Balaban J connectivity index is 0. The van der Waals surface area contributed by atoms with Gasteiger partial charge < -0.3 is 4.23 Å². The Kier molecular flexibility index (Phi) is 12.0. The van der Waals surface area contributed by atoms with E-state index in [0.29, 0.717) is 0 Å². The zero-order chi connectivity index (χ0) is 16.4. The minimum absolute atomic E-state index is 0.495. The Labute approximate surface area is 135 Å². The maximum atomic E-state index is 5.67. The molecule has 1 aromatic heterocycles. The molecule has 118 valence electrons. The molecular weight excluding hydrogens is 316 g/mol. The van der Waals surface area contributed by atoms with Gasteiger partial charge in [0.1, 0.15) is 15.6 Å². The SMILES string of the molecule is CN([SiH](C)C)[Si](C)(C)C.C[Si](C)(C)Cl.c1ccncc1. The van der Waals surface area contributed by atoms with Crippen molar-refractivity contribution in [3.63, 3.8) is 0 Å². The van der Waals surface area contributed by atoms with Crippen molar-refractivity contribution in [2.45, 2.75) is 52.4 Å². The van der Waals surface area contributed by atoms with Gasteiger partial charge in [0, 0.05) is 12.4 Å². The summed E-state index contributed by atoms with van der Waals surface area (Å²) >= 11 is 5.67. The lowest BCUT2D eigenvalue weighted by atomic mass is 10.5. The fourth-order valence-corrected chi connectivity index (χ4v) is 7.28. The first-order chi connectivity index (χ1) is 8.85. The van der Waals surface area contributed by atoms with E-state index in [1.807, 2.05) is 18.2 Å². The summed E-state index contributed by atoms with van der Waals surface area (Å²) in [6, 6.07) is 5.72.